The summed E-state index contributed by atoms with van der Waals surface area (Å²) in [5, 5.41) is 1.68. The van der Waals surface area contributed by atoms with Crippen molar-refractivity contribution in [2.75, 3.05) is 24.7 Å². The SMILES string of the molecule is COC(=O)CCS(=O)(=O)Nc1nc(CC(=O)OC)cs1. The van der Waals surface area contributed by atoms with Crippen LogP contribution < -0.4 is 4.72 Å². The number of sulfonamides is 1. The van der Waals surface area contributed by atoms with E-state index in [0.29, 0.717) is 5.69 Å². The Morgan fingerprint density at radius 1 is 1.30 bits per heavy atom. The summed E-state index contributed by atoms with van der Waals surface area (Å²) >= 11 is 1.04. The average molecular weight is 322 g/mol. The summed E-state index contributed by atoms with van der Waals surface area (Å²) in [6.07, 6.45) is -0.275. The number of methoxy groups -OCH3 is 2. The van der Waals surface area contributed by atoms with Crippen LogP contribution in [0.3, 0.4) is 0 Å². The van der Waals surface area contributed by atoms with Crippen molar-refractivity contribution in [1.82, 2.24) is 4.98 Å². The molecule has 1 aromatic rings. The van der Waals surface area contributed by atoms with Gasteiger partial charge in [0.15, 0.2) is 5.13 Å². The first kappa shape index (κ1) is 16.4. The molecule has 0 aromatic carbocycles. The second-order valence-corrected chi connectivity index (χ2v) is 6.34. The Balaban J connectivity index is 2.59. The van der Waals surface area contributed by atoms with E-state index in [1.54, 1.807) is 5.38 Å². The van der Waals surface area contributed by atoms with Crippen molar-refractivity contribution in [2.24, 2.45) is 0 Å². The largest absolute Gasteiger partial charge is 0.469 e. The fraction of sp³-hybridized carbons (Fsp3) is 0.500. The molecule has 0 saturated heterocycles. The van der Waals surface area contributed by atoms with E-state index in [2.05, 4.69) is 19.2 Å². The molecule has 112 valence electrons. The number of ether oxygens (including phenoxy) is 2. The maximum absolute atomic E-state index is 11.7. The molecular weight excluding hydrogens is 308 g/mol. The maximum Gasteiger partial charge on any atom is 0.311 e. The number of anilines is 1. The normalized spacial score (nSPS) is 10.9. The highest BCUT2D eigenvalue weighted by molar-refractivity contribution is 7.92. The molecule has 0 unspecified atom stereocenters. The van der Waals surface area contributed by atoms with Crippen LogP contribution in [-0.4, -0.2) is 45.3 Å². The summed E-state index contributed by atoms with van der Waals surface area (Å²) in [4.78, 5) is 25.9. The molecule has 10 heteroatoms. The number of aromatic nitrogens is 1. The van der Waals surface area contributed by atoms with Crippen molar-refractivity contribution in [1.29, 1.82) is 0 Å². The second-order valence-electron chi connectivity index (χ2n) is 3.64. The van der Waals surface area contributed by atoms with Crippen molar-refractivity contribution in [2.45, 2.75) is 12.8 Å². The van der Waals surface area contributed by atoms with Gasteiger partial charge in [-0.15, -0.1) is 11.3 Å². The van der Waals surface area contributed by atoms with Gasteiger partial charge in [0.2, 0.25) is 10.0 Å². The van der Waals surface area contributed by atoms with E-state index < -0.39 is 27.7 Å². The number of carbonyl (C=O) groups is 2. The molecule has 0 aliphatic carbocycles. The lowest BCUT2D eigenvalue weighted by molar-refractivity contribution is -0.140. The molecule has 1 heterocycles. The monoisotopic (exact) mass is 322 g/mol. The Morgan fingerprint density at radius 2 is 1.95 bits per heavy atom. The summed E-state index contributed by atoms with van der Waals surface area (Å²) < 4.78 is 34.4. The van der Waals surface area contributed by atoms with E-state index in [1.807, 2.05) is 0 Å². The van der Waals surface area contributed by atoms with E-state index in [1.165, 1.54) is 14.2 Å². The van der Waals surface area contributed by atoms with Gasteiger partial charge in [-0.1, -0.05) is 0 Å². The number of hydrogen-bond donors (Lipinski definition) is 1. The number of esters is 2. The number of nitrogens with zero attached hydrogens (tertiary/aromatic N) is 1. The van der Waals surface area contributed by atoms with Crippen LogP contribution in [0.2, 0.25) is 0 Å². The van der Waals surface area contributed by atoms with Gasteiger partial charge in [-0.25, -0.2) is 13.4 Å². The van der Waals surface area contributed by atoms with Crippen molar-refractivity contribution in [3.05, 3.63) is 11.1 Å². The van der Waals surface area contributed by atoms with Crippen molar-refractivity contribution in [3.8, 4) is 0 Å². The van der Waals surface area contributed by atoms with Crippen LogP contribution in [0.15, 0.2) is 5.38 Å². The third kappa shape index (κ3) is 5.53. The molecule has 1 rings (SSSR count). The van der Waals surface area contributed by atoms with Gasteiger partial charge in [0, 0.05) is 5.38 Å². The lowest BCUT2D eigenvalue weighted by atomic mass is 10.3. The van der Waals surface area contributed by atoms with Gasteiger partial charge in [0.05, 0.1) is 38.5 Å². The van der Waals surface area contributed by atoms with Crippen LogP contribution in [0.25, 0.3) is 0 Å². The molecule has 0 radical (unpaired) electrons. The zero-order chi connectivity index (χ0) is 15.2. The Hall–Kier alpha value is -1.68. The Morgan fingerprint density at radius 3 is 2.55 bits per heavy atom. The topological polar surface area (TPSA) is 112 Å². The first-order valence-electron chi connectivity index (χ1n) is 5.45. The molecular formula is C10H14N2O6S2. The minimum Gasteiger partial charge on any atom is -0.469 e. The number of carbonyl (C=O) groups excluding carboxylic acids is 2. The van der Waals surface area contributed by atoms with Gasteiger partial charge in [-0.2, -0.15) is 0 Å². The molecule has 8 nitrogen and oxygen atoms in total. The van der Waals surface area contributed by atoms with E-state index in [4.69, 9.17) is 0 Å². The van der Waals surface area contributed by atoms with Crippen LogP contribution in [-0.2, 0) is 35.5 Å². The molecule has 0 bridgehead atoms. The fourth-order valence-corrected chi connectivity index (χ4v) is 3.14. The molecule has 1 aromatic heterocycles. The van der Waals surface area contributed by atoms with E-state index in [-0.39, 0.29) is 18.0 Å². The van der Waals surface area contributed by atoms with Gasteiger partial charge in [-0.05, 0) is 0 Å². The van der Waals surface area contributed by atoms with Gasteiger partial charge in [-0.3, -0.25) is 14.3 Å². The molecule has 0 atom stereocenters. The van der Waals surface area contributed by atoms with Gasteiger partial charge in [0.1, 0.15) is 0 Å². The predicted molar refractivity (Wildman–Crippen MR) is 71.9 cm³/mol. The summed E-state index contributed by atoms with van der Waals surface area (Å²) in [5.74, 6) is -1.47. The summed E-state index contributed by atoms with van der Waals surface area (Å²) in [6, 6.07) is 0. The summed E-state index contributed by atoms with van der Waals surface area (Å²) in [7, 11) is -1.24. The molecule has 0 spiro atoms. The standard InChI is InChI=1S/C10H14N2O6S2/c1-17-8(13)3-4-20(15,16)12-10-11-7(6-19-10)5-9(14)18-2/h6H,3-5H2,1-2H3,(H,11,12). The van der Waals surface area contributed by atoms with Gasteiger partial charge in [0.25, 0.3) is 0 Å². The highest BCUT2D eigenvalue weighted by atomic mass is 32.2. The van der Waals surface area contributed by atoms with E-state index in [0.717, 1.165) is 11.3 Å². The fourth-order valence-electron chi connectivity index (χ4n) is 1.16. The number of hydrogen-bond acceptors (Lipinski definition) is 8. The zero-order valence-corrected chi connectivity index (χ0v) is 12.5. The average Bonchev–Trinajstić information content (AvgIpc) is 2.82. The van der Waals surface area contributed by atoms with Crippen LogP contribution in [0, 0.1) is 0 Å². The lowest BCUT2D eigenvalue weighted by Gasteiger charge is -2.03. The van der Waals surface area contributed by atoms with Crippen molar-refractivity contribution < 1.29 is 27.5 Å². The highest BCUT2D eigenvalue weighted by Crippen LogP contribution is 2.17. The summed E-state index contributed by atoms with van der Waals surface area (Å²) in [5.41, 5.74) is 0.410. The molecule has 20 heavy (non-hydrogen) atoms. The summed E-state index contributed by atoms with van der Waals surface area (Å²) in [6.45, 7) is 0. The van der Waals surface area contributed by atoms with E-state index in [9.17, 15) is 18.0 Å². The number of nitrogens with one attached hydrogen (secondary N) is 1. The Kier molecular flexibility index (Phi) is 5.89. The minimum atomic E-state index is -3.68. The Labute approximate surface area is 120 Å². The molecule has 0 aliphatic rings. The van der Waals surface area contributed by atoms with E-state index >= 15 is 0 Å². The maximum atomic E-state index is 11.7. The van der Waals surface area contributed by atoms with Crippen molar-refractivity contribution in [3.63, 3.8) is 0 Å². The number of rotatable bonds is 7. The zero-order valence-electron chi connectivity index (χ0n) is 10.9. The molecule has 0 aliphatic heterocycles. The highest BCUT2D eigenvalue weighted by Gasteiger charge is 2.16. The molecule has 0 fully saturated rings. The lowest BCUT2D eigenvalue weighted by Crippen LogP contribution is -2.19. The Bertz CT molecular complexity index is 580. The molecule has 0 saturated carbocycles. The molecule has 0 amide bonds. The minimum absolute atomic E-state index is 0.0309. The van der Waals surface area contributed by atoms with Crippen LogP contribution >= 0.6 is 11.3 Å². The first-order valence-corrected chi connectivity index (χ1v) is 7.98. The number of thiazole rings is 1. The third-order valence-corrected chi connectivity index (χ3v) is 4.33. The molecule has 1 N–H and O–H groups in total. The third-order valence-electron chi connectivity index (χ3n) is 2.15. The second kappa shape index (κ2) is 7.20. The smallest absolute Gasteiger partial charge is 0.311 e. The van der Waals surface area contributed by atoms with Gasteiger partial charge >= 0.3 is 11.9 Å². The van der Waals surface area contributed by atoms with Crippen LogP contribution in [0.4, 0.5) is 5.13 Å². The predicted octanol–water partition coefficient (Wildman–Crippen LogP) is 0.163. The quantitative estimate of drug-likeness (QED) is 0.712. The first-order chi connectivity index (χ1) is 9.36. The van der Waals surface area contributed by atoms with Gasteiger partial charge < -0.3 is 9.47 Å². The van der Waals surface area contributed by atoms with Crippen molar-refractivity contribution >= 4 is 38.4 Å². The van der Waals surface area contributed by atoms with Crippen LogP contribution in [0.5, 0.6) is 0 Å². The van der Waals surface area contributed by atoms with Crippen LogP contribution in [0.1, 0.15) is 12.1 Å².